The molecule has 0 aliphatic rings. The molecule has 1 heterocycles. The SMILES string of the molecule is CCc1ccc(Nc2c(-c3ccccc3C)c(C(C)(C)C)nn2C)c(C(=O)O)c1. The van der Waals surface area contributed by atoms with Crippen molar-refractivity contribution in [2.75, 3.05) is 5.32 Å². The van der Waals surface area contributed by atoms with Gasteiger partial charge in [0.05, 0.1) is 16.9 Å². The summed E-state index contributed by atoms with van der Waals surface area (Å²) in [6.45, 7) is 10.5. The zero-order valence-corrected chi connectivity index (χ0v) is 18.0. The zero-order chi connectivity index (χ0) is 21.3. The van der Waals surface area contributed by atoms with Crippen LogP contribution in [0.5, 0.6) is 0 Å². The van der Waals surface area contributed by atoms with E-state index in [1.54, 1.807) is 6.07 Å². The highest BCUT2D eigenvalue weighted by Gasteiger charge is 2.28. The third-order valence-electron chi connectivity index (χ3n) is 5.15. The third-order valence-corrected chi connectivity index (χ3v) is 5.15. The molecule has 3 rings (SSSR count). The minimum atomic E-state index is -0.946. The van der Waals surface area contributed by atoms with E-state index >= 15 is 0 Å². The molecule has 1 aromatic heterocycles. The smallest absolute Gasteiger partial charge is 0.337 e. The Balaban J connectivity index is 2.23. The second-order valence-electron chi connectivity index (χ2n) is 8.42. The van der Waals surface area contributed by atoms with Crippen LogP contribution in [-0.4, -0.2) is 20.9 Å². The molecule has 5 nitrogen and oxygen atoms in total. The first-order valence-corrected chi connectivity index (χ1v) is 9.90. The van der Waals surface area contributed by atoms with E-state index in [1.807, 2.05) is 42.9 Å². The van der Waals surface area contributed by atoms with Crippen LogP contribution in [0.4, 0.5) is 11.5 Å². The van der Waals surface area contributed by atoms with Crippen molar-refractivity contribution in [3.63, 3.8) is 0 Å². The molecule has 0 unspecified atom stereocenters. The van der Waals surface area contributed by atoms with E-state index in [0.717, 1.165) is 40.2 Å². The molecule has 0 aliphatic carbocycles. The van der Waals surface area contributed by atoms with Crippen LogP contribution in [0, 0.1) is 6.92 Å². The molecule has 0 bridgehead atoms. The molecule has 0 spiro atoms. The number of nitrogens with zero attached hydrogens (tertiary/aromatic N) is 2. The van der Waals surface area contributed by atoms with Crippen molar-refractivity contribution in [3.8, 4) is 11.1 Å². The van der Waals surface area contributed by atoms with Gasteiger partial charge in [0.2, 0.25) is 0 Å². The first-order valence-electron chi connectivity index (χ1n) is 9.90. The van der Waals surface area contributed by atoms with Gasteiger partial charge < -0.3 is 10.4 Å². The number of anilines is 2. The average Bonchev–Trinajstić information content (AvgIpc) is 2.99. The lowest BCUT2D eigenvalue weighted by Crippen LogP contribution is -2.14. The van der Waals surface area contributed by atoms with Crippen molar-refractivity contribution >= 4 is 17.5 Å². The fourth-order valence-corrected chi connectivity index (χ4v) is 3.53. The highest BCUT2D eigenvalue weighted by atomic mass is 16.4. The lowest BCUT2D eigenvalue weighted by atomic mass is 9.86. The fourth-order valence-electron chi connectivity index (χ4n) is 3.53. The minimum Gasteiger partial charge on any atom is -0.478 e. The van der Waals surface area contributed by atoms with Crippen molar-refractivity contribution in [2.24, 2.45) is 7.05 Å². The molecule has 0 saturated heterocycles. The van der Waals surface area contributed by atoms with Gasteiger partial charge in [0.1, 0.15) is 5.82 Å². The Morgan fingerprint density at radius 3 is 2.45 bits per heavy atom. The topological polar surface area (TPSA) is 67.2 Å². The third kappa shape index (κ3) is 4.04. The van der Waals surface area contributed by atoms with E-state index in [1.165, 1.54) is 0 Å². The number of carbonyl (C=O) groups is 1. The number of rotatable bonds is 5. The Kier molecular flexibility index (Phi) is 5.51. The fraction of sp³-hybridized carbons (Fsp3) is 0.333. The number of nitrogens with one attached hydrogen (secondary N) is 1. The number of carboxylic acids is 1. The van der Waals surface area contributed by atoms with E-state index in [4.69, 9.17) is 5.10 Å². The first kappa shape index (κ1) is 20.6. The second kappa shape index (κ2) is 7.74. The molecule has 0 atom stereocenters. The molecule has 0 saturated carbocycles. The highest BCUT2D eigenvalue weighted by molar-refractivity contribution is 5.96. The minimum absolute atomic E-state index is 0.170. The average molecular weight is 392 g/mol. The van der Waals surface area contributed by atoms with Crippen molar-refractivity contribution < 1.29 is 9.90 Å². The number of hydrogen-bond acceptors (Lipinski definition) is 3. The van der Waals surface area contributed by atoms with Gasteiger partial charge in [0.15, 0.2) is 0 Å². The molecule has 0 aliphatic heterocycles. The summed E-state index contributed by atoms with van der Waals surface area (Å²) in [5.41, 5.74) is 5.87. The van der Waals surface area contributed by atoms with Gasteiger partial charge in [0, 0.05) is 18.0 Å². The van der Waals surface area contributed by atoms with Crippen LogP contribution in [0.2, 0.25) is 0 Å². The van der Waals surface area contributed by atoms with Gasteiger partial charge in [-0.3, -0.25) is 4.68 Å². The maximum Gasteiger partial charge on any atom is 0.337 e. The maximum atomic E-state index is 11.9. The normalized spacial score (nSPS) is 11.5. The first-order chi connectivity index (χ1) is 13.6. The quantitative estimate of drug-likeness (QED) is 0.586. The Bertz CT molecular complexity index is 1060. The van der Waals surface area contributed by atoms with Gasteiger partial charge in [-0.1, -0.05) is 58.0 Å². The molecule has 3 aromatic rings. The number of hydrogen-bond donors (Lipinski definition) is 2. The van der Waals surface area contributed by atoms with E-state index in [-0.39, 0.29) is 11.0 Å². The van der Waals surface area contributed by atoms with Crippen LogP contribution in [-0.2, 0) is 18.9 Å². The van der Waals surface area contributed by atoms with Gasteiger partial charge in [-0.15, -0.1) is 0 Å². The van der Waals surface area contributed by atoms with Crippen LogP contribution >= 0.6 is 0 Å². The van der Waals surface area contributed by atoms with E-state index in [2.05, 4.69) is 45.1 Å². The molecular formula is C24H29N3O2. The summed E-state index contributed by atoms with van der Waals surface area (Å²) < 4.78 is 1.81. The van der Waals surface area contributed by atoms with Crippen LogP contribution < -0.4 is 5.32 Å². The molecule has 0 radical (unpaired) electrons. The summed E-state index contributed by atoms with van der Waals surface area (Å²) in [4.78, 5) is 11.9. The summed E-state index contributed by atoms with van der Waals surface area (Å²) in [5.74, 6) is -0.158. The van der Waals surface area contributed by atoms with Gasteiger partial charge in [-0.25, -0.2) is 4.79 Å². The molecule has 0 fully saturated rings. The van der Waals surface area contributed by atoms with Gasteiger partial charge in [-0.2, -0.15) is 5.10 Å². The van der Waals surface area contributed by atoms with Crippen molar-refractivity contribution in [2.45, 2.75) is 46.5 Å². The molecule has 2 aromatic carbocycles. The van der Waals surface area contributed by atoms with E-state index in [9.17, 15) is 9.90 Å². The molecular weight excluding hydrogens is 362 g/mol. The lowest BCUT2D eigenvalue weighted by molar-refractivity contribution is 0.0698. The molecule has 2 N–H and O–H groups in total. The highest BCUT2D eigenvalue weighted by Crippen LogP contribution is 2.40. The predicted octanol–water partition coefficient (Wildman–Crippen LogP) is 5.70. The van der Waals surface area contributed by atoms with Gasteiger partial charge >= 0.3 is 5.97 Å². The number of aryl methyl sites for hydroxylation is 3. The summed E-state index contributed by atoms with van der Waals surface area (Å²) in [5, 5.41) is 17.9. The predicted molar refractivity (Wildman–Crippen MR) is 118 cm³/mol. The molecule has 5 heteroatoms. The Labute approximate surface area is 172 Å². The van der Waals surface area contributed by atoms with Crippen LogP contribution in [0.15, 0.2) is 42.5 Å². The number of aromatic nitrogens is 2. The summed E-state index contributed by atoms with van der Waals surface area (Å²) in [6, 6.07) is 13.7. The number of benzene rings is 2. The molecule has 0 amide bonds. The summed E-state index contributed by atoms with van der Waals surface area (Å²) >= 11 is 0. The van der Waals surface area contributed by atoms with Crippen LogP contribution in [0.25, 0.3) is 11.1 Å². The Hall–Kier alpha value is -3.08. The van der Waals surface area contributed by atoms with Gasteiger partial charge in [-0.05, 0) is 42.2 Å². The van der Waals surface area contributed by atoms with E-state index in [0.29, 0.717) is 5.69 Å². The van der Waals surface area contributed by atoms with E-state index < -0.39 is 5.97 Å². The Morgan fingerprint density at radius 1 is 1.17 bits per heavy atom. The number of carboxylic acid groups (broad SMARTS) is 1. The van der Waals surface area contributed by atoms with Crippen LogP contribution in [0.3, 0.4) is 0 Å². The van der Waals surface area contributed by atoms with Crippen molar-refractivity contribution in [1.29, 1.82) is 0 Å². The lowest BCUT2D eigenvalue weighted by Gasteiger charge is -2.19. The monoisotopic (exact) mass is 391 g/mol. The maximum absolute atomic E-state index is 11.9. The number of aromatic carboxylic acids is 1. The zero-order valence-electron chi connectivity index (χ0n) is 18.0. The Morgan fingerprint density at radius 2 is 1.86 bits per heavy atom. The standard InChI is InChI=1S/C24H29N3O2/c1-7-16-12-13-19(18(14-16)23(28)29)25-22-20(17-11-9-8-10-15(17)2)21(24(3,4)5)26-27(22)6/h8-14,25H,7H2,1-6H3,(H,28,29). The van der Waals surface area contributed by atoms with Gasteiger partial charge in [0.25, 0.3) is 0 Å². The second-order valence-corrected chi connectivity index (χ2v) is 8.42. The van der Waals surface area contributed by atoms with Crippen molar-refractivity contribution in [1.82, 2.24) is 9.78 Å². The largest absolute Gasteiger partial charge is 0.478 e. The van der Waals surface area contributed by atoms with Crippen LogP contribution in [0.1, 0.15) is 54.9 Å². The summed E-state index contributed by atoms with van der Waals surface area (Å²) in [6.07, 6.45) is 0.787. The van der Waals surface area contributed by atoms with Crippen molar-refractivity contribution in [3.05, 3.63) is 64.8 Å². The molecule has 29 heavy (non-hydrogen) atoms. The summed E-state index contributed by atoms with van der Waals surface area (Å²) in [7, 11) is 1.89. The molecule has 152 valence electrons.